The number of nitrogens with one attached hydrogen (secondary N) is 1. The summed E-state index contributed by atoms with van der Waals surface area (Å²) in [4.78, 5) is 8.05. The van der Waals surface area contributed by atoms with Crippen LogP contribution >= 0.6 is 27.3 Å². The largest absolute Gasteiger partial charge is 0.355 e. The second kappa shape index (κ2) is 6.90. The first kappa shape index (κ1) is 16.5. The van der Waals surface area contributed by atoms with Gasteiger partial charge in [0.1, 0.15) is 5.82 Å². The lowest BCUT2D eigenvalue weighted by atomic mass is 10.1. The minimum absolute atomic E-state index is 0.127. The third-order valence-electron chi connectivity index (χ3n) is 3.04. The van der Waals surface area contributed by atoms with Gasteiger partial charge in [-0.3, -0.25) is 0 Å². The van der Waals surface area contributed by atoms with Crippen LogP contribution in [0.15, 0.2) is 34.2 Å². The molecule has 2 heterocycles. The van der Waals surface area contributed by atoms with E-state index in [0.717, 1.165) is 23.4 Å². The molecular weight excluding hydrogens is 346 g/mol. The lowest BCUT2D eigenvalue weighted by Gasteiger charge is -2.21. The number of hydrogen-bond donors (Lipinski definition) is 1. The molecule has 0 aromatic carbocycles. The molecule has 0 saturated carbocycles. The Bertz CT molecular complexity index is 572. The van der Waals surface area contributed by atoms with E-state index in [4.69, 9.17) is 0 Å². The number of anilines is 1. The number of nitrogens with zero attached hydrogens (tertiary/aromatic N) is 2. The van der Waals surface area contributed by atoms with Gasteiger partial charge in [-0.1, -0.05) is 6.07 Å². The van der Waals surface area contributed by atoms with Gasteiger partial charge in [-0.25, -0.2) is 4.98 Å². The van der Waals surface area contributed by atoms with Crippen LogP contribution < -0.4 is 10.2 Å². The Morgan fingerprint density at radius 2 is 2.10 bits per heavy atom. The van der Waals surface area contributed by atoms with Gasteiger partial charge in [-0.05, 0) is 54.4 Å². The monoisotopic (exact) mass is 367 g/mol. The number of thiophene rings is 1. The van der Waals surface area contributed by atoms with Gasteiger partial charge < -0.3 is 10.2 Å². The van der Waals surface area contributed by atoms with Crippen molar-refractivity contribution in [2.45, 2.75) is 39.4 Å². The lowest BCUT2D eigenvalue weighted by Crippen LogP contribution is -2.35. The summed E-state index contributed by atoms with van der Waals surface area (Å²) in [5, 5.41) is 5.58. The summed E-state index contributed by atoms with van der Waals surface area (Å²) in [7, 11) is 2.07. The lowest BCUT2D eigenvalue weighted by molar-refractivity contribution is 0.424. The van der Waals surface area contributed by atoms with Crippen LogP contribution in [0.25, 0.3) is 0 Å². The first-order valence-electron chi connectivity index (χ1n) is 6.97. The molecule has 5 heteroatoms. The number of rotatable bonds is 5. The van der Waals surface area contributed by atoms with Crippen molar-refractivity contribution in [3.8, 4) is 0 Å². The topological polar surface area (TPSA) is 28.2 Å². The first-order valence-corrected chi connectivity index (χ1v) is 8.65. The molecule has 0 amide bonds. The molecule has 0 aliphatic heterocycles. The van der Waals surface area contributed by atoms with Crippen LogP contribution in [0.5, 0.6) is 0 Å². The second-order valence-corrected chi connectivity index (χ2v) is 8.13. The molecule has 0 saturated heterocycles. The van der Waals surface area contributed by atoms with Crippen molar-refractivity contribution in [3.63, 3.8) is 0 Å². The maximum Gasteiger partial charge on any atom is 0.128 e. The highest BCUT2D eigenvalue weighted by Gasteiger charge is 2.09. The zero-order chi connectivity index (χ0) is 15.5. The molecule has 0 spiro atoms. The van der Waals surface area contributed by atoms with Crippen molar-refractivity contribution in [1.29, 1.82) is 0 Å². The standard InChI is InChI=1S/C16H22BrN3S/c1-16(2,3)19-9-12-5-6-15(18-8-12)20(4)10-14-7-13(17)11-21-14/h5-8,11,19H,9-10H2,1-4H3. The molecule has 0 aliphatic carbocycles. The van der Waals surface area contributed by atoms with Crippen LogP contribution in [0.4, 0.5) is 5.82 Å². The molecule has 0 bridgehead atoms. The molecule has 0 radical (unpaired) electrons. The summed E-state index contributed by atoms with van der Waals surface area (Å²) in [5.41, 5.74) is 1.34. The van der Waals surface area contributed by atoms with E-state index in [1.165, 1.54) is 10.4 Å². The Hall–Kier alpha value is -0.910. The maximum absolute atomic E-state index is 4.56. The van der Waals surface area contributed by atoms with E-state index < -0.39 is 0 Å². The predicted molar refractivity (Wildman–Crippen MR) is 95.0 cm³/mol. The third kappa shape index (κ3) is 5.41. The highest BCUT2D eigenvalue weighted by molar-refractivity contribution is 9.10. The summed E-state index contributed by atoms with van der Waals surface area (Å²) >= 11 is 5.25. The Morgan fingerprint density at radius 1 is 1.33 bits per heavy atom. The number of halogens is 1. The summed E-state index contributed by atoms with van der Waals surface area (Å²) < 4.78 is 1.15. The van der Waals surface area contributed by atoms with Gasteiger partial charge in [0.15, 0.2) is 0 Å². The second-order valence-electron chi connectivity index (χ2n) is 6.22. The van der Waals surface area contributed by atoms with Crippen LogP contribution in [0.1, 0.15) is 31.2 Å². The summed E-state index contributed by atoms with van der Waals surface area (Å²) in [6.07, 6.45) is 1.95. The molecule has 114 valence electrons. The fraction of sp³-hybridized carbons (Fsp3) is 0.438. The molecule has 0 aliphatic rings. The molecular formula is C16H22BrN3S. The van der Waals surface area contributed by atoms with Crippen molar-refractivity contribution in [3.05, 3.63) is 44.7 Å². The molecule has 1 N–H and O–H groups in total. The van der Waals surface area contributed by atoms with Gasteiger partial charge in [-0.2, -0.15) is 0 Å². The molecule has 3 nitrogen and oxygen atoms in total. The van der Waals surface area contributed by atoms with Crippen LogP contribution in [0.2, 0.25) is 0 Å². The number of pyridine rings is 1. The fourth-order valence-electron chi connectivity index (χ4n) is 1.87. The van der Waals surface area contributed by atoms with E-state index in [1.807, 2.05) is 6.20 Å². The van der Waals surface area contributed by atoms with Gasteiger partial charge >= 0.3 is 0 Å². The Labute approximate surface area is 139 Å². The van der Waals surface area contributed by atoms with Crippen molar-refractivity contribution in [1.82, 2.24) is 10.3 Å². The smallest absolute Gasteiger partial charge is 0.128 e. The van der Waals surface area contributed by atoms with Crippen molar-refractivity contribution in [2.75, 3.05) is 11.9 Å². The highest BCUT2D eigenvalue weighted by atomic mass is 79.9. The van der Waals surface area contributed by atoms with E-state index in [-0.39, 0.29) is 5.54 Å². The van der Waals surface area contributed by atoms with Gasteiger partial charge in [0, 0.05) is 40.1 Å². The van der Waals surface area contributed by atoms with Crippen LogP contribution in [-0.2, 0) is 13.1 Å². The molecule has 2 rings (SSSR count). The Balaban J connectivity index is 1.94. The molecule has 2 aromatic rings. The van der Waals surface area contributed by atoms with Crippen molar-refractivity contribution >= 4 is 33.1 Å². The maximum atomic E-state index is 4.56. The number of aromatic nitrogens is 1. The minimum Gasteiger partial charge on any atom is -0.355 e. The molecule has 0 atom stereocenters. The van der Waals surface area contributed by atoms with Crippen LogP contribution in [0, 0.1) is 0 Å². The van der Waals surface area contributed by atoms with Gasteiger partial charge in [0.05, 0.1) is 6.54 Å². The van der Waals surface area contributed by atoms with Crippen molar-refractivity contribution < 1.29 is 0 Å². The normalized spacial score (nSPS) is 11.7. The Kier molecular flexibility index (Phi) is 5.41. The van der Waals surface area contributed by atoms with Crippen LogP contribution in [0.3, 0.4) is 0 Å². The summed E-state index contributed by atoms with van der Waals surface area (Å²) in [6, 6.07) is 6.38. The van der Waals surface area contributed by atoms with Gasteiger partial charge in [0.25, 0.3) is 0 Å². The van der Waals surface area contributed by atoms with E-state index in [0.29, 0.717) is 0 Å². The predicted octanol–water partition coefficient (Wildman–Crippen LogP) is 4.43. The SMILES string of the molecule is CN(Cc1cc(Br)cs1)c1ccc(CNC(C)(C)C)cn1. The molecule has 0 unspecified atom stereocenters. The minimum atomic E-state index is 0.127. The first-order chi connectivity index (χ1) is 9.83. The third-order valence-corrected chi connectivity index (χ3v) is 4.72. The van der Waals surface area contributed by atoms with E-state index in [9.17, 15) is 0 Å². The molecule has 2 aromatic heterocycles. The van der Waals surface area contributed by atoms with Crippen LogP contribution in [-0.4, -0.2) is 17.6 Å². The quantitative estimate of drug-likeness (QED) is 0.846. The van der Waals surface area contributed by atoms with E-state index in [2.05, 4.69) is 82.5 Å². The molecule has 21 heavy (non-hydrogen) atoms. The zero-order valence-corrected chi connectivity index (χ0v) is 15.4. The number of hydrogen-bond acceptors (Lipinski definition) is 4. The highest BCUT2D eigenvalue weighted by Crippen LogP contribution is 2.22. The van der Waals surface area contributed by atoms with Crippen molar-refractivity contribution in [2.24, 2.45) is 0 Å². The van der Waals surface area contributed by atoms with E-state index >= 15 is 0 Å². The van der Waals surface area contributed by atoms with E-state index in [1.54, 1.807) is 11.3 Å². The van der Waals surface area contributed by atoms with Gasteiger partial charge in [-0.15, -0.1) is 11.3 Å². The average molecular weight is 368 g/mol. The summed E-state index contributed by atoms with van der Waals surface area (Å²) in [6.45, 7) is 8.23. The fourth-order valence-corrected chi connectivity index (χ4v) is 3.37. The summed E-state index contributed by atoms with van der Waals surface area (Å²) in [5.74, 6) is 0.999. The Morgan fingerprint density at radius 3 is 2.62 bits per heavy atom. The molecule has 0 fully saturated rings. The zero-order valence-electron chi connectivity index (χ0n) is 13.0. The van der Waals surface area contributed by atoms with Gasteiger partial charge in [0.2, 0.25) is 0 Å². The average Bonchev–Trinajstić information content (AvgIpc) is 2.81.